The lowest BCUT2D eigenvalue weighted by Gasteiger charge is -2.48. The Hall–Kier alpha value is -2.27. The number of rotatable bonds is 5. The lowest BCUT2D eigenvalue weighted by Crippen LogP contribution is -2.52. The number of nitrogens with zero attached hydrogens (tertiary/aromatic N) is 3. The van der Waals surface area contributed by atoms with Crippen molar-refractivity contribution in [2.45, 2.75) is 50.7 Å². The number of carbonyl (C=O) groups is 1. The van der Waals surface area contributed by atoms with Crippen LogP contribution in [0.4, 0.5) is 0 Å². The Labute approximate surface area is 154 Å². The first-order valence-corrected chi connectivity index (χ1v) is 9.44. The highest BCUT2D eigenvalue weighted by Gasteiger charge is 2.40. The van der Waals surface area contributed by atoms with Crippen molar-refractivity contribution in [3.63, 3.8) is 0 Å². The fourth-order valence-electron chi connectivity index (χ4n) is 4.53. The maximum atomic E-state index is 13.0. The van der Waals surface area contributed by atoms with Gasteiger partial charge in [0.25, 0.3) is 0 Å². The zero-order valence-corrected chi connectivity index (χ0v) is 15.2. The van der Waals surface area contributed by atoms with E-state index in [1.165, 1.54) is 31.9 Å². The van der Waals surface area contributed by atoms with Gasteiger partial charge in [-0.05, 0) is 31.2 Å². The smallest absolute Gasteiger partial charge is 0.316 e. The molecule has 0 N–H and O–H groups in total. The minimum absolute atomic E-state index is 0.0781. The van der Waals surface area contributed by atoms with E-state index in [2.05, 4.69) is 45.2 Å². The first-order valence-electron chi connectivity index (χ1n) is 9.44. The number of piperidine rings is 2. The van der Waals surface area contributed by atoms with Gasteiger partial charge in [-0.2, -0.15) is 0 Å². The predicted octanol–water partition coefficient (Wildman–Crippen LogP) is 3.50. The summed E-state index contributed by atoms with van der Waals surface area (Å²) in [5.41, 5.74) is 1.96. The topological polar surface area (TPSA) is 55.3 Å². The molecular formula is C21H25N3O2. The van der Waals surface area contributed by atoms with Crippen LogP contribution in [0.2, 0.25) is 0 Å². The number of benzene rings is 1. The minimum atomic E-state index is 0.0781. The maximum Gasteiger partial charge on any atom is 0.316 e. The number of ketones is 1. The SMILES string of the molecule is COc1ncc(C(=O)C2CC3CCCC(C2)N3Cc2ccccc2)cn1. The van der Waals surface area contributed by atoms with Gasteiger partial charge >= 0.3 is 6.01 Å². The molecule has 1 aromatic heterocycles. The number of aromatic nitrogens is 2. The molecule has 2 unspecified atom stereocenters. The molecule has 3 heterocycles. The molecule has 2 fully saturated rings. The third-order valence-corrected chi connectivity index (χ3v) is 5.80. The Morgan fingerprint density at radius 2 is 1.77 bits per heavy atom. The van der Waals surface area contributed by atoms with Crippen molar-refractivity contribution in [2.24, 2.45) is 5.92 Å². The van der Waals surface area contributed by atoms with Crippen LogP contribution in [0.15, 0.2) is 42.7 Å². The second-order valence-corrected chi connectivity index (χ2v) is 7.39. The van der Waals surface area contributed by atoms with Crippen molar-refractivity contribution < 1.29 is 9.53 Å². The van der Waals surface area contributed by atoms with E-state index >= 15 is 0 Å². The summed E-state index contributed by atoms with van der Waals surface area (Å²) in [5.74, 6) is 0.262. The zero-order chi connectivity index (χ0) is 17.9. The van der Waals surface area contributed by atoms with E-state index in [1.807, 2.05) is 0 Å². The molecule has 0 radical (unpaired) electrons. The summed E-state index contributed by atoms with van der Waals surface area (Å²) in [7, 11) is 1.53. The summed E-state index contributed by atoms with van der Waals surface area (Å²) < 4.78 is 4.99. The normalized spacial score (nSPS) is 25.7. The molecule has 0 saturated carbocycles. The number of hydrogen-bond donors (Lipinski definition) is 0. The molecule has 5 heteroatoms. The first kappa shape index (κ1) is 17.2. The summed E-state index contributed by atoms with van der Waals surface area (Å²) in [6, 6.07) is 12.0. The standard InChI is InChI=1S/C21H25N3O2/c1-26-21-22-12-17(13-23-21)20(25)16-10-18-8-5-9-19(11-16)24(18)14-15-6-3-2-4-7-15/h2-4,6-7,12-13,16,18-19H,5,8-11,14H2,1H3. The van der Waals surface area contributed by atoms with Crippen molar-refractivity contribution >= 4 is 5.78 Å². The van der Waals surface area contributed by atoms with Crippen LogP contribution in [0.25, 0.3) is 0 Å². The summed E-state index contributed by atoms with van der Waals surface area (Å²) in [4.78, 5) is 23.8. The van der Waals surface area contributed by atoms with Crippen LogP contribution in [-0.2, 0) is 6.54 Å². The number of carbonyl (C=O) groups excluding carboxylic acids is 1. The van der Waals surface area contributed by atoms with Crippen LogP contribution in [-0.4, -0.2) is 39.8 Å². The number of fused-ring (bicyclic) bond motifs is 2. The Morgan fingerprint density at radius 3 is 2.38 bits per heavy atom. The van der Waals surface area contributed by atoms with Crippen LogP contribution in [0.1, 0.15) is 48.0 Å². The summed E-state index contributed by atoms with van der Waals surface area (Å²) in [5, 5.41) is 0. The van der Waals surface area contributed by atoms with E-state index in [4.69, 9.17) is 4.74 Å². The minimum Gasteiger partial charge on any atom is -0.467 e. The van der Waals surface area contributed by atoms with Crippen molar-refractivity contribution in [3.8, 4) is 6.01 Å². The van der Waals surface area contributed by atoms with Gasteiger partial charge in [0.1, 0.15) is 0 Å². The molecule has 0 aliphatic carbocycles. The van der Waals surface area contributed by atoms with Crippen LogP contribution in [0.3, 0.4) is 0 Å². The molecule has 26 heavy (non-hydrogen) atoms. The fraction of sp³-hybridized carbons (Fsp3) is 0.476. The van der Waals surface area contributed by atoms with Crippen LogP contribution in [0.5, 0.6) is 6.01 Å². The van der Waals surface area contributed by atoms with Gasteiger partial charge in [-0.15, -0.1) is 0 Å². The highest BCUT2D eigenvalue weighted by molar-refractivity contribution is 5.97. The highest BCUT2D eigenvalue weighted by Crippen LogP contribution is 2.39. The molecule has 5 nitrogen and oxygen atoms in total. The largest absolute Gasteiger partial charge is 0.467 e. The molecule has 136 valence electrons. The summed E-state index contributed by atoms with van der Waals surface area (Å²) >= 11 is 0. The van der Waals surface area contributed by atoms with Gasteiger partial charge in [0, 0.05) is 36.9 Å². The van der Waals surface area contributed by atoms with Crippen molar-refractivity contribution in [2.75, 3.05) is 7.11 Å². The average Bonchev–Trinajstić information content (AvgIpc) is 2.68. The van der Waals surface area contributed by atoms with Crippen LogP contribution in [0, 0.1) is 5.92 Å². The van der Waals surface area contributed by atoms with Gasteiger partial charge < -0.3 is 4.74 Å². The Kier molecular flexibility index (Phi) is 4.98. The zero-order valence-electron chi connectivity index (χ0n) is 15.2. The van der Waals surface area contributed by atoms with E-state index in [0.29, 0.717) is 23.7 Å². The molecule has 0 amide bonds. The van der Waals surface area contributed by atoms with Crippen LogP contribution >= 0.6 is 0 Å². The summed E-state index contributed by atoms with van der Waals surface area (Å²) in [6.45, 7) is 0.989. The summed E-state index contributed by atoms with van der Waals surface area (Å²) in [6.07, 6.45) is 8.72. The Bertz CT molecular complexity index is 734. The molecule has 0 spiro atoms. The maximum absolute atomic E-state index is 13.0. The van der Waals surface area contributed by atoms with Gasteiger partial charge in [-0.25, -0.2) is 9.97 Å². The molecule has 2 saturated heterocycles. The molecule has 1 aromatic carbocycles. The lowest BCUT2D eigenvalue weighted by atomic mass is 9.75. The average molecular weight is 351 g/mol. The predicted molar refractivity (Wildman–Crippen MR) is 99.1 cm³/mol. The van der Waals surface area contributed by atoms with E-state index < -0.39 is 0 Å². The van der Waals surface area contributed by atoms with E-state index in [9.17, 15) is 4.79 Å². The number of hydrogen-bond acceptors (Lipinski definition) is 5. The lowest BCUT2D eigenvalue weighted by molar-refractivity contribution is 0.00904. The van der Waals surface area contributed by atoms with Crippen molar-refractivity contribution in [3.05, 3.63) is 53.9 Å². The molecule has 2 atom stereocenters. The van der Waals surface area contributed by atoms with Gasteiger partial charge in [0.15, 0.2) is 5.78 Å². The van der Waals surface area contributed by atoms with Crippen molar-refractivity contribution in [1.29, 1.82) is 0 Å². The van der Waals surface area contributed by atoms with Gasteiger partial charge in [0.05, 0.1) is 12.7 Å². The molecule has 2 aliphatic rings. The molecule has 2 aromatic rings. The van der Waals surface area contributed by atoms with E-state index in [0.717, 1.165) is 19.4 Å². The Balaban J connectivity index is 1.47. The third-order valence-electron chi connectivity index (χ3n) is 5.80. The first-order chi connectivity index (χ1) is 12.7. The van der Waals surface area contributed by atoms with Crippen LogP contribution < -0.4 is 4.74 Å². The molecule has 2 aliphatic heterocycles. The molecule has 2 bridgehead atoms. The van der Waals surface area contributed by atoms with Gasteiger partial charge in [-0.1, -0.05) is 36.8 Å². The molecule has 4 rings (SSSR count). The van der Waals surface area contributed by atoms with Crippen molar-refractivity contribution in [1.82, 2.24) is 14.9 Å². The van der Waals surface area contributed by atoms with E-state index in [1.54, 1.807) is 12.4 Å². The highest BCUT2D eigenvalue weighted by atomic mass is 16.5. The fourth-order valence-corrected chi connectivity index (χ4v) is 4.53. The molecular weight excluding hydrogens is 326 g/mol. The quantitative estimate of drug-likeness (QED) is 0.772. The third kappa shape index (κ3) is 3.49. The van der Waals surface area contributed by atoms with Gasteiger partial charge in [0.2, 0.25) is 0 Å². The number of methoxy groups -OCH3 is 1. The number of Topliss-reactive ketones (excluding diaryl/α,β-unsaturated/α-hetero) is 1. The second-order valence-electron chi connectivity index (χ2n) is 7.39. The van der Waals surface area contributed by atoms with E-state index in [-0.39, 0.29) is 11.7 Å². The Morgan fingerprint density at radius 1 is 1.12 bits per heavy atom. The van der Waals surface area contributed by atoms with Gasteiger partial charge in [-0.3, -0.25) is 9.69 Å². The second kappa shape index (κ2) is 7.54. The monoisotopic (exact) mass is 351 g/mol. The number of ether oxygens (including phenoxy) is 1.